The van der Waals surface area contributed by atoms with Crippen LogP contribution in [0, 0.1) is 0 Å². The molecule has 0 saturated carbocycles. The van der Waals surface area contributed by atoms with Crippen molar-refractivity contribution in [2.45, 2.75) is 16.8 Å². The first-order valence-electron chi connectivity index (χ1n) is 9.66. The third-order valence-electron chi connectivity index (χ3n) is 4.87. The number of halogens is 5. The van der Waals surface area contributed by atoms with Gasteiger partial charge in [0.15, 0.2) is 0 Å². The van der Waals surface area contributed by atoms with Crippen molar-refractivity contribution in [3.05, 3.63) is 59.7 Å². The smallest absolute Gasteiger partial charge is 0.336 e. The van der Waals surface area contributed by atoms with Crippen LogP contribution >= 0.6 is 11.8 Å². The minimum Gasteiger partial charge on any atom is -0.336 e. The van der Waals surface area contributed by atoms with Gasteiger partial charge in [0.25, 0.3) is 11.7 Å². The summed E-state index contributed by atoms with van der Waals surface area (Å²) < 4.78 is 64.7. The number of alkyl halides is 5. The van der Waals surface area contributed by atoms with E-state index in [-0.39, 0.29) is 41.7 Å². The average Bonchev–Trinajstić information content (AvgIpc) is 2.73. The predicted molar refractivity (Wildman–Crippen MR) is 111 cm³/mol. The van der Waals surface area contributed by atoms with Gasteiger partial charge in [-0.05, 0) is 24.3 Å². The maximum absolute atomic E-state index is 13.1. The molecule has 1 aliphatic rings. The van der Waals surface area contributed by atoms with Crippen molar-refractivity contribution < 1.29 is 31.5 Å². The van der Waals surface area contributed by atoms with E-state index in [2.05, 4.69) is 5.32 Å². The van der Waals surface area contributed by atoms with E-state index >= 15 is 0 Å². The van der Waals surface area contributed by atoms with Crippen LogP contribution < -0.4 is 5.32 Å². The molecule has 0 bridgehead atoms. The molecule has 0 aromatic heterocycles. The highest BCUT2D eigenvalue weighted by atomic mass is 32.2. The number of nitrogens with one attached hydrogen (secondary N) is 1. The fraction of sp³-hybridized carbons (Fsp3) is 0.333. The first-order valence-corrected chi connectivity index (χ1v) is 10.5. The van der Waals surface area contributed by atoms with Gasteiger partial charge >= 0.3 is 6.18 Å². The third kappa shape index (κ3) is 6.19. The van der Waals surface area contributed by atoms with Crippen molar-refractivity contribution in [3.63, 3.8) is 0 Å². The lowest BCUT2D eigenvalue weighted by Gasteiger charge is -2.34. The van der Waals surface area contributed by atoms with Gasteiger partial charge in [-0.25, -0.2) is 0 Å². The summed E-state index contributed by atoms with van der Waals surface area (Å²) >= 11 is 0.306. The van der Waals surface area contributed by atoms with Crippen LogP contribution in [0.25, 0.3) is 0 Å². The Labute approximate surface area is 185 Å². The number of carbonyl (C=O) groups is 2. The topological polar surface area (TPSA) is 52.7 Å². The Bertz CT molecular complexity index is 962. The number of benzene rings is 2. The lowest BCUT2D eigenvalue weighted by molar-refractivity contribution is -0.137. The van der Waals surface area contributed by atoms with E-state index in [0.717, 1.165) is 6.07 Å². The highest BCUT2D eigenvalue weighted by Crippen LogP contribution is 2.34. The second kappa shape index (κ2) is 10.3. The number of piperazine rings is 1. The lowest BCUT2D eigenvalue weighted by Crippen LogP contribution is -2.50. The van der Waals surface area contributed by atoms with Gasteiger partial charge in [-0.15, -0.1) is 0 Å². The summed E-state index contributed by atoms with van der Waals surface area (Å²) in [5.74, 6) is -3.63. The van der Waals surface area contributed by atoms with E-state index in [4.69, 9.17) is 0 Å². The van der Waals surface area contributed by atoms with E-state index in [0.29, 0.717) is 24.9 Å². The number of carbonyl (C=O) groups excluding carboxylic acids is 2. The normalized spacial score (nSPS) is 15.1. The Kier molecular flexibility index (Phi) is 7.73. The Morgan fingerprint density at radius 3 is 2.25 bits per heavy atom. The lowest BCUT2D eigenvalue weighted by atomic mass is 10.1. The molecule has 0 spiro atoms. The van der Waals surface area contributed by atoms with Gasteiger partial charge in [0.1, 0.15) is 0 Å². The van der Waals surface area contributed by atoms with E-state index in [9.17, 15) is 31.5 Å². The quantitative estimate of drug-likeness (QED) is 0.499. The molecule has 0 radical (unpaired) electrons. The zero-order chi connectivity index (χ0) is 23.3. The second-order valence-corrected chi connectivity index (χ2v) is 8.07. The molecule has 32 heavy (non-hydrogen) atoms. The summed E-state index contributed by atoms with van der Waals surface area (Å²) in [4.78, 5) is 28.5. The van der Waals surface area contributed by atoms with Gasteiger partial charge < -0.3 is 10.2 Å². The zero-order valence-corrected chi connectivity index (χ0v) is 17.6. The van der Waals surface area contributed by atoms with Crippen molar-refractivity contribution in [2.24, 2.45) is 0 Å². The van der Waals surface area contributed by atoms with Gasteiger partial charge in [0.05, 0.1) is 23.4 Å². The van der Waals surface area contributed by atoms with E-state index in [1.807, 2.05) is 0 Å². The van der Waals surface area contributed by atoms with Crippen molar-refractivity contribution in [3.8, 4) is 0 Å². The highest BCUT2D eigenvalue weighted by Gasteiger charge is 2.33. The number of hydrogen-bond donors (Lipinski definition) is 1. The fourth-order valence-corrected chi connectivity index (χ4v) is 3.99. The minimum absolute atomic E-state index is 0.133. The van der Waals surface area contributed by atoms with Gasteiger partial charge in [-0.1, -0.05) is 36.0 Å². The number of thioether (sulfide) groups is 1. The Hall–Kier alpha value is -2.66. The molecule has 2 aromatic carbocycles. The highest BCUT2D eigenvalue weighted by molar-refractivity contribution is 7.99. The predicted octanol–water partition coefficient (Wildman–Crippen LogP) is 4.42. The molecule has 0 aliphatic carbocycles. The van der Waals surface area contributed by atoms with Crippen LogP contribution in [0.2, 0.25) is 0 Å². The summed E-state index contributed by atoms with van der Waals surface area (Å²) in [5.41, 5.74) is -1.05. The molecular weight excluding hydrogens is 453 g/mol. The number of amides is 2. The fourth-order valence-electron chi connectivity index (χ4n) is 3.35. The summed E-state index contributed by atoms with van der Waals surface area (Å²) in [6, 6.07) is 10.9. The molecule has 0 unspecified atom stereocenters. The second-order valence-electron chi connectivity index (χ2n) is 7.03. The zero-order valence-electron chi connectivity index (χ0n) is 16.7. The standard InChI is InChI=1S/C21H20F5N3O2S/c22-20(23)32-17-8-4-1-5-14(17)19(31)29-11-9-28(10-12-29)13-18(30)27-16-7-3-2-6-15(16)21(24,25)26/h1-8,20H,9-13H2,(H,27,30). The molecule has 1 fully saturated rings. The number of nitrogens with zero attached hydrogens (tertiary/aromatic N) is 2. The monoisotopic (exact) mass is 473 g/mol. The van der Waals surface area contributed by atoms with Crippen molar-refractivity contribution in [1.29, 1.82) is 0 Å². The number of hydrogen-bond acceptors (Lipinski definition) is 4. The minimum atomic E-state index is -4.59. The number of anilines is 1. The maximum atomic E-state index is 13.1. The molecule has 3 rings (SSSR count). The van der Waals surface area contributed by atoms with Crippen LogP contribution in [0.3, 0.4) is 0 Å². The van der Waals surface area contributed by atoms with Crippen molar-refractivity contribution >= 4 is 29.3 Å². The molecular formula is C21H20F5N3O2S. The van der Waals surface area contributed by atoms with Gasteiger partial charge in [0.2, 0.25) is 5.91 Å². The van der Waals surface area contributed by atoms with Gasteiger partial charge in [-0.3, -0.25) is 14.5 Å². The Morgan fingerprint density at radius 1 is 0.969 bits per heavy atom. The molecule has 2 amide bonds. The van der Waals surface area contributed by atoms with E-state index in [1.54, 1.807) is 17.0 Å². The number of rotatable bonds is 6. The SMILES string of the molecule is O=C(CN1CCN(C(=O)c2ccccc2SC(F)F)CC1)Nc1ccccc1C(F)(F)F. The summed E-state index contributed by atoms with van der Waals surface area (Å²) in [5, 5.41) is 2.29. The maximum Gasteiger partial charge on any atom is 0.418 e. The van der Waals surface area contributed by atoms with Gasteiger partial charge in [0, 0.05) is 31.1 Å². The molecule has 1 aliphatic heterocycles. The Morgan fingerprint density at radius 2 is 1.59 bits per heavy atom. The van der Waals surface area contributed by atoms with Crippen LogP contribution in [0.1, 0.15) is 15.9 Å². The number of para-hydroxylation sites is 1. The van der Waals surface area contributed by atoms with Crippen LogP contribution in [0.4, 0.5) is 27.6 Å². The van der Waals surface area contributed by atoms with Crippen LogP contribution in [-0.4, -0.2) is 60.1 Å². The molecule has 0 atom stereocenters. The summed E-state index contributed by atoms with van der Waals surface area (Å²) in [6.07, 6.45) is -4.59. The Balaban J connectivity index is 1.56. The van der Waals surface area contributed by atoms with Crippen molar-refractivity contribution in [2.75, 3.05) is 38.0 Å². The van der Waals surface area contributed by atoms with E-state index in [1.165, 1.54) is 35.2 Å². The molecule has 172 valence electrons. The molecule has 1 heterocycles. The molecule has 5 nitrogen and oxygen atoms in total. The van der Waals surface area contributed by atoms with Crippen molar-refractivity contribution in [1.82, 2.24) is 9.80 Å². The van der Waals surface area contributed by atoms with E-state index < -0.39 is 23.4 Å². The summed E-state index contributed by atoms with van der Waals surface area (Å²) in [6.45, 7) is 1.04. The summed E-state index contributed by atoms with van der Waals surface area (Å²) in [7, 11) is 0. The van der Waals surface area contributed by atoms with Crippen LogP contribution in [0.15, 0.2) is 53.4 Å². The molecule has 1 N–H and O–H groups in total. The average molecular weight is 473 g/mol. The molecule has 1 saturated heterocycles. The van der Waals surface area contributed by atoms with Crippen LogP contribution in [0.5, 0.6) is 0 Å². The van der Waals surface area contributed by atoms with Crippen LogP contribution in [-0.2, 0) is 11.0 Å². The largest absolute Gasteiger partial charge is 0.418 e. The van der Waals surface area contributed by atoms with Gasteiger partial charge in [-0.2, -0.15) is 22.0 Å². The first-order chi connectivity index (χ1) is 15.1. The molecule has 11 heteroatoms. The third-order valence-corrected chi connectivity index (χ3v) is 5.65. The molecule has 2 aromatic rings. The first kappa shape index (κ1) is 24.0.